The summed E-state index contributed by atoms with van der Waals surface area (Å²) in [6.07, 6.45) is 4.77. The average molecular weight is 281 g/mol. The van der Waals surface area contributed by atoms with Gasteiger partial charge in [0.05, 0.1) is 16.3 Å². The van der Waals surface area contributed by atoms with E-state index in [9.17, 15) is 8.42 Å². The molecule has 2 atom stereocenters. The number of sulfone groups is 1. The van der Waals surface area contributed by atoms with Crippen molar-refractivity contribution in [2.24, 2.45) is 5.92 Å². The topological polar surface area (TPSA) is 46.2 Å². The van der Waals surface area contributed by atoms with Crippen molar-refractivity contribution >= 4 is 15.5 Å². The molecule has 1 aliphatic rings. The Hall–Kier alpha value is -1.03. The summed E-state index contributed by atoms with van der Waals surface area (Å²) < 4.78 is 24.2. The molecule has 0 bridgehead atoms. The molecule has 19 heavy (non-hydrogen) atoms. The van der Waals surface area contributed by atoms with Gasteiger partial charge in [-0.25, -0.2) is 8.42 Å². The van der Waals surface area contributed by atoms with Gasteiger partial charge in [0.1, 0.15) is 0 Å². The van der Waals surface area contributed by atoms with Crippen LogP contribution in [-0.2, 0) is 9.84 Å². The molecule has 1 fully saturated rings. The average Bonchev–Trinajstić information content (AvgIpc) is 2.86. The molecular formula is C15H23NO2S. The van der Waals surface area contributed by atoms with Gasteiger partial charge in [-0.05, 0) is 30.9 Å². The molecule has 0 aliphatic heterocycles. The molecule has 2 unspecified atom stereocenters. The van der Waals surface area contributed by atoms with Crippen LogP contribution < -0.4 is 5.32 Å². The van der Waals surface area contributed by atoms with Crippen molar-refractivity contribution in [1.82, 2.24) is 0 Å². The Kier molecular flexibility index (Phi) is 4.50. The van der Waals surface area contributed by atoms with Crippen LogP contribution in [0.1, 0.15) is 39.5 Å². The SMILES string of the molecule is CCC1CCCC1Nc1ccccc1S(=O)(=O)CC. The molecule has 3 nitrogen and oxygen atoms in total. The fourth-order valence-corrected chi connectivity index (χ4v) is 3.99. The van der Waals surface area contributed by atoms with Crippen LogP contribution in [0.5, 0.6) is 0 Å². The Labute approximate surface area is 116 Å². The quantitative estimate of drug-likeness (QED) is 0.899. The number of benzene rings is 1. The highest BCUT2D eigenvalue weighted by Gasteiger charge is 2.27. The first-order valence-corrected chi connectivity index (χ1v) is 8.82. The van der Waals surface area contributed by atoms with Crippen LogP contribution in [0, 0.1) is 5.92 Å². The van der Waals surface area contributed by atoms with Crippen molar-refractivity contribution in [3.8, 4) is 0 Å². The molecule has 0 radical (unpaired) electrons. The van der Waals surface area contributed by atoms with Gasteiger partial charge in [0.25, 0.3) is 0 Å². The third kappa shape index (κ3) is 3.11. The lowest BCUT2D eigenvalue weighted by atomic mass is 10.0. The molecule has 0 heterocycles. The first-order valence-electron chi connectivity index (χ1n) is 7.16. The molecular weight excluding hydrogens is 258 g/mol. The zero-order valence-corrected chi connectivity index (χ0v) is 12.5. The highest BCUT2D eigenvalue weighted by molar-refractivity contribution is 7.91. The molecule has 1 aliphatic carbocycles. The third-order valence-corrected chi connectivity index (χ3v) is 5.91. The van der Waals surface area contributed by atoms with Gasteiger partial charge >= 0.3 is 0 Å². The number of nitrogens with one attached hydrogen (secondary N) is 1. The standard InChI is InChI=1S/C15H23NO2S/c1-3-12-8-7-10-13(12)16-14-9-5-6-11-15(14)19(17,18)4-2/h5-6,9,11-13,16H,3-4,7-8,10H2,1-2H3. The second-order valence-corrected chi connectivity index (χ2v) is 7.50. The van der Waals surface area contributed by atoms with E-state index in [-0.39, 0.29) is 5.75 Å². The Morgan fingerprint density at radius 2 is 1.95 bits per heavy atom. The second kappa shape index (κ2) is 5.95. The molecule has 0 aromatic heterocycles. The summed E-state index contributed by atoms with van der Waals surface area (Å²) in [6.45, 7) is 3.90. The van der Waals surface area contributed by atoms with E-state index in [1.165, 1.54) is 12.8 Å². The van der Waals surface area contributed by atoms with E-state index >= 15 is 0 Å². The summed E-state index contributed by atoms with van der Waals surface area (Å²) in [6, 6.07) is 7.69. The van der Waals surface area contributed by atoms with E-state index in [0.29, 0.717) is 16.9 Å². The summed E-state index contributed by atoms with van der Waals surface area (Å²) >= 11 is 0. The van der Waals surface area contributed by atoms with Crippen LogP contribution in [0.25, 0.3) is 0 Å². The number of hydrogen-bond acceptors (Lipinski definition) is 3. The Morgan fingerprint density at radius 1 is 1.21 bits per heavy atom. The summed E-state index contributed by atoms with van der Waals surface area (Å²) in [5.41, 5.74) is 0.773. The number of rotatable bonds is 5. The monoisotopic (exact) mass is 281 g/mol. The Balaban J connectivity index is 2.26. The van der Waals surface area contributed by atoms with Crippen LogP contribution in [0.3, 0.4) is 0 Å². The fraction of sp³-hybridized carbons (Fsp3) is 0.600. The lowest BCUT2D eigenvalue weighted by molar-refractivity contribution is 0.488. The second-order valence-electron chi connectivity index (χ2n) is 5.25. The number of hydrogen-bond donors (Lipinski definition) is 1. The van der Waals surface area contributed by atoms with E-state index in [0.717, 1.165) is 18.5 Å². The van der Waals surface area contributed by atoms with Gasteiger partial charge in [0.2, 0.25) is 0 Å². The van der Waals surface area contributed by atoms with Gasteiger partial charge < -0.3 is 5.32 Å². The predicted molar refractivity (Wildman–Crippen MR) is 79.2 cm³/mol. The predicted octanol–water partition coefficient (Wildman–Crippen LogP) is 3.47. The van der Waals surface area contributed by atoms with E-state index in [1.807, 2.05) is 12.1 Å². The van der Waals surface area contributed by atoms with Gasteiger partial charge in [0, 0.05) is 6.04 Å². The zero-order valence-electron chi connectivity index (χ0n) is 11.7. The van der Waals surface area contributed by atoms with Gasteiger partial charge in [-0.1, -0.05) is 38.8 Å². The highest BCUT2D eigenvalue weighted by Crippen LogP contribution is 2.32. The maximum atomic E-state index is 12.1. The van der Waals surface area contributed by atoms with Gasteiger partial charge in [-0.15, -0.1) is 0 Å². The Bertz CT molecular complexity index is 525. The molecule has 106 valence electrons. The zero-order chi connectivity index (χ0) is 13.9. The van der Waals surface area contributed by atoms with Crippen molar-refractivity contribution < 1.29 is 8.42 Å². The highest BCUT2D eigenvalue weighted by atomic mass is 32.2. The molecule has 0 saturated heterocycles. The minimum Gasteiger partial charge on any atom is -0.381 e. The smallest absolute Gasteiger partial charge is 0.180 e. The van der Waals surface area contributed by atoms with Crippen molar-refractivity contribution in [3.63, 3.8) is 0 Å². The van der Waals surface area contributed by atoms with Crippen LogP contribution >= 0.6 is 0 Å². The van der Waals surface area contributed by atoms with Crippen LogP contribution in [0.4, 0.5) is 5.69 Å². The van der Waals surface area contributed by atoms with E-state index in [4.69, 9.17) is 0 Å². The summed E-state index contributed by atoms with van der Waals surface area (Å²) in [7, 11) is -3.16. The molecule has 4 heteroatoms. The van der Waals surface area contributed by atoms with E-state index in [2.05, 4.69) is 12.2 Å². The minimum atomic E-state index is -3.16. The normalized spacial score (nSPS) is 23.5. The third-order valence-electron chi connectivity index (χ3n) is 4.13. The maximum Gasteiger partial charge on any atom is 0.180 e. The first-order chi connectivity index (χ1) is 9.08. The number of para-hydroxylation sites is 1. The van der Waals surface area contributed by atoms with Crippen molar-refractivity contribution in [1.29, 1.82) is 0 Å². The molecule has 2 rings (SSSR count). The van der Waals surface area contributed by atoms with Crippen LogP contribution in [0.2, 0.25) is 0 Å². The molecule has 1 aromatic carbocycles. The van der Waals surface area contributed by atoms with E-state index < -0.39 is 9.84 Å². The van der Waals surface area contributed by atoms with Gasteiger partial charge in [0.15, 0.2) is 9.84 Å². The Morgan fingerprint density at radius 3 is 2.63 bits per heavy atom. The molecule has 1 N–H and O–H groups in total. The van der Waals surface area contributed by atoms with Gasteiger partial charge in [-0.2, -0.15) is 0 Å². The fourth-order valence-electron chi connectivity index (χ4n) is 2.93. The van der Waals surface area contributed by atoms with Crippen molar-refractivity contribution in [2.75, 3.05) is 11.1 Å². The maximum absolute atomic E-state index is 12.1. The lowest BCUT2D eigenvalue weighted by Crippen LogP contribution is -2.24. The van der Waals surface area contributed by atoms with Crippen LogP contribution in [0.15, 0.2) is 29.2 Å². The lowest BCUT2D eigenvalue weighted by Gasteiger charge is -2.22. The van der Waals surface area contributed by atoms with Crippen molar-refractivity contribution in [2.45, 2.75) is 50.5 Å². The van der Waals surface area contributed by atoms with Crippen molar-refractivity contribution in [3.05, 3.63) is 24.3 Å². The largest absolute Gasteiger partial charge is 0.381 e. The van der Waals surface area contributed by atoms with E-state index in [1.54, 1.807) is 19.1 Å². The summed E-state index contributed by atoms with van der Waals surface area (Å²) in [4.78, 5) is 0.444. The summed E-state index contributed by atoms with van der Waals surface area (Å²) in [5, 5.41) is 3.47. The summed E-state index contributed by atoms with van der Waals surface area (Å²) in [5.74, 6) is 0.811. The minimum absolute atomic E-state index is 0.146. The molecule has 0 amide bonds. The molecule has 0 spiro atoms. The molecule has 1 aromatic rings. The van der Waals surface area contributed by atoms with Gasteiger partial charge in [-0.3, -0.25) is 0 Å². The first kappa shape index (κ1) is 14.4. The number of anilines is 1. The molecule has 1 saturated carbocycles. The van der Waals surface area contributed by atoms with Crippen LogP contribution in [-0.4, -0.2) is 20.2 Å².